The summed E-state index contributed by atoms with van der Waals surface area (Å²) in [6.45, 7) is 12.7. The number of nitrogens with zero attached hydrogens (tertiary/aromatic N) is 3. The summed E-state index contributed by atoms with van der Waals surface area (Å²) >= 11 is 0. The molecule has 1 saturated heterocycles. The van der Waals surface area contributed by atoms with Crippen molar-refractivity contribution in [3.63, 3.8) is 0 Å². The molecule has 23 heavy (non-hydrogen) atoms. The third-order valence-electron chi connectivity index (χ3n) is 4.23. The molecule has 1 N–H and O–H groups in total. The third-order valence-corrected chi connectivity index (χ3v) is 4.23. The van der Waals surface area contributed by atoms with Crippen LogP contribution in [0, 0.1) is 5.92 Å². The summed E-state index contributed by atoms with van der Waals surface area (Å²) in [5.41, 5.74) is -0.464. The maximum Gasteiger partial charge on any atom is 0.407 e. The number of aryl methyl sites for hydroxylation is 1. The van der Waals surface area contributed by atoms with E-state index in [0.29, 0.717) is 5.92 Å². The average molecular weight is 322 g/mol. The van der Waals surface area contributed by atoms with Gasteiger partial charge in [-0.25, -0.2) is 9.78 Å². The van der Waals surface area contributed by atoms with Gasteiger partial charge in [-0.1, -0.05) is 0 Å². The molecule has 2 heterocycles. The van der Waals surface area contributed by atoms with E-state index in [1.165, 1.54) is 0 Å². The SMILES string of the molecule is CCn1ccnc1N1CCCC(C(C)NC(=O)OC(C)(C)C)C1. The fraction of sp³-hybridized carbons (Fsp3) is 0.765. The molecule has 1 aromatic heterocycles. The fourth-order valence-corrected chi connectivity index (χ4v) is 3.04. The zero-order chi connectivity index (χ0) is 17.0. The Morgan fingerprint density at radius 2 is 2.26 bits per heavy atom. The molecular weight excluding hydrogens is 292 g/mol. The van der Waals surface area contributed by atoms with Crippen LogP contribution in [0.2, 0.25) is 0 Å². The van der Waals surface area contributed by atoms with Crippen LogP contribution in [-0.4, -0.2) is 40.4 Å². The van der Waals surface area contributed by atoms with Gasteiger partial charge < -0.3 is 19.5 Å². The van der Waals surface area contributed by atoms with Crippen LogP contribution in [0.3, 0.4) is 0 Å². The molecule has 130 valence electrons. The number of hydrogen-bond acceptors (Lipinski definition) is 4. The van der Waals surface area contributed by atoms with Crippen molar-refractivity contribution in [2.45, 2.75) is 65.6 Å². The van der Waals surface area contributed by atoms with Crippen molar-refractivity contribution in [3.8, 4) is 0 Å². The van der Waals surface area contributed by atoms with Crippen LogP contribution in [0.4, 0.5) is 10.7 Å². The van der Waals surface area contributed by atoms with Crippen molar-refractivity contribution in [2.75, 3.05) is 18.0 Å². The summed E-state index contributed by atoms with van der Waals surface area (Å²) in [5, 5.41) is 2.99. The topological polar surface area (TPSA) is 59.4 Å². The van der Waals surface area contributed by atoms with Gasteiger partial charge in [0, 0.05) is 38.1 Å². The minimum absolute atomic E-state index is 0.0812. The summed E-state index contributed by atoms with van der Waals surface area (Å²) in [5.74, 6) is 1.43. The van der Waals surface area contributed by atoms with E-state index in [-0.39, 0.29) is 12.1 Å². The first-order chi connectivity index (χ1) is 10.8. The van der Waals surface area contributed by atoms with Gasteiger partial charge in [0.25, 0.3) is 0 Å². The molecule has 1 aliphatic rings. The highest BCUT2D eigenvalue weighted by Crippen LogP contribution is 2.24. The van der Waals surface area contributed by atoms with E-state index >= 15 is 0 Å². The molecule has 0 saturated carbocycles. The Labute approximate surface area is 139 Å². The second-order valence-corrected chi connectivity index (χ2v) is 7.30. The highest BCUT2D eigenvalue weighted by molar-refractivity contribution is 5.68. The van der Waals surface area contributed by atoms with E-state index in [4.69, 9.17) is 4.74 Å². The van der Waals surface area contributed by atoms with Gasteiger partial charge in [0.15, 0.2) is 0 Å². The predicted molar refractivity (Wildman–Crippen MR) is 91.7 cm³/mol. The molecule has 6 heteroatoms. The zero-order valence-electron chi connectivity index (χ0n) is 15.0. The van der Waals surface area contributed by atoms with Crippen molar-refractivity contribution >= 4 is 12.0 Å². The normalized spacial score (nSPS) is 20.2. The molecular formula is C17H30N4O2. The van der Waals surface area contributed by atoms with Crippen LogP contribution in [0.1, 0.15) is 47.5 Å². The molecule has 0 aliphatic carbocycles. The summed E-state index contributed by atoms with van der Waals surface area (Å²) in [4.78, 5) is 18.8. The molecule has 2 atom stereocenters. The number of nitrogens with one attached hydrogen (secondary N) is 1. The lowest BCUT2D eigenvalue weighted by molar-refractivity contribution is 0.0489. The predicted octanol–water partition coefficient (Wildman–Crippen LogP) is 3.03. The molecule has 2 rings (SSSR count). The van der Waals surface area contributed by atoms with Crippen molar-refractivity contribution < 1.29 is 9.53 Å². The molecule has 1 fully saturated rings. The number of imidazole rings is 1. The lowest BCUT2D eigenvalue weighted by atomic mass is 9.92. The van der Waals surface area contributed by atoms with Crippen molar-refractivity contribution in [2.24, 2.45) is 5.92 Å². The first-order valence-electron chi connectivity index (χ1n) is 8.55. The zero-order valence-corrected chi connectivity index (χ0v) is 15.0. The first-order valence-corrected chi connectivity index (χ1v) is 8.55. The van der Waals surface area contributed by atoms with E-state index in [9.17, 15) is 4.79 Å². The van der Waals surface area contributed by atoms with E-state index in [1.807, 2.05) is 33.2 Å². The van der Waals surface area contributed by atoms with Crippen LogP contribution >= 0.6 is 0 Å². The van der Waals surface area contributed by atoms with Crippen LogP contribution < -0.4 is 10.2 Å². The molecule has 1 amide bonds. The maximum atomic E-state index is 12.0. The molecule has 0 aromatic carbocycles. The Morgan fingerprint density at radius 1 is 1.52 bits per heavy atom. The molecule has 0 bridgehead atoms. The molecule has 0 radical (unpaired) electrons. The van der Waals surface area contributed by atoms with Gasteiger partial charge in [-0.05, 0) is 53.4 Å². The van der Waals surface area contributed by atoms with Crippen LogP contribution in [0.25, 0.3) is 0 Å². The molecule has 6 nitrogen and oxygen atoms in total. The number of anilines is 1. The van der Waals surface area contributed by atoms with Gasteiger partial charge >= 0.3 is 6.09 Å². The number of piperidine rings is 1. The Kier molecular flexibility index (Phi) is 5.55. The molecule has 2 unspecified atom stereocenters. The van der Waals surface area contributed by atoms with E-state index in [2.05, 4.69) is 33.6 Å². The third kappa shape index (κ3) is 4.88. The minimum Gasteiger partial charge on any atom is -0.444 e. The molecule has 1 aromatic rings. The summed E-state index contributed by atoms with van der Waals surface area (Å²) in [6.07, 6.45) is 5.76. The number of rotatable bonds is 4. The van der Waals surface area contributed by atoms with Gasteiger partial charge in [-0.3, -0.25) is 0 Å². The van der Waals surface area contributed by atoms with Gasteiger partial charge in [0.1, 0.15) is 5.60 Å². The lowest BCUT2D eigenvalue weighted by Crippen LogP contribution is -2.48. The van der Waals surface area contributed by atoms with Gasteiger partial charge in [-0.2, -0.15) is 0 Å². The van der Waals surface area contributed by atoms with Crippen LogP contribution in [-0.2, 0) is 11.3 Å². The highest BCUT2D eigenvalue weighted by atomic mass is 16.6. The standard InChI is InChI=1S/C17H30N4O2/c1-6-20-11-9-18-15(20)21-10-7-8-14(12-21)13(2)19-16(22)23-17(3,4)5/h9,11,13-14H,6-8,10,12H2,1-5H3,(H,19,22). The number of amides is 1. The monoisotopic (exact) mass is 322 g/mol. The number of carbonyl (C=O) groups excluding carboxylic acids is 1. The quantitative estimate of drug-likeness (QED) is 0.925. The maximum absolute atomic E-state index is 12.0. The molecule has 0 spiro atoms. The lowest BCUT2D eigenvalue weighted by Gasteiger charge is -2.36. The minimum atomic E-state index is -0.464. The fourth-order valence-electron chi connectivity index (χ4n) is 3.04. The van der Waals surface area contributed by atoms with Crippen molar-refractivity contribution in [1.82, 2.24) is 14.9 Å². The Balaban J connectivity index is 1.94. The number of alkyl carbamates (subject to hydrolysis) is 1. The van der Waals surface area contributed by atoms with E-state index in [1.54, 1.807) is 0 Å². The van der Waals surface area contributed by atoms with Gasteiger partial charge in [0.05, 0.1) is 0 Å². The number of aromatic nitrogens is 2. The van der Waals surface area contributed by atoms with Crippen molar-refractivity contribution in [3.05, 3.63) is 12.4 Å². The number of hydrogen-bond donors (Lipinski definition) is 1. The highest BCUT2D eigenvalue weighted by Gasteiger charge is 2.28. The average Bonchev–Trinajstić information content (AvgIpc) is 2.93. The Hall–Kier alpha value is -1.72. The van der Waals surface area contributed by atoms with Gasteiger partial charge in [0.2, 0.25) is 5.95 Å². The summed E-state index contributed by atoms with van der Waals surface area (Å²) < 4.78 is 7.52. The van der Waals surface area contributed by atoms with Gasteiger partial charge in [-0.15, -0.1) is 0 Å². The van der Waals surface area contributed by atoms with Crippen LogP contribution in [0.5, 0.6) is 0 Å². The second-order valence-electron chi connectivity index (χ2n) is 7.30. The Bertz CT molecular complexity index is 521. The largest absolute Gasteiger partial charge is 0.444 e. The summed E-state index contributed by atoms with van der Waals surface area (Å²) in [6, 6.07) is 0.0812. The summed E-state index contributed by atoms with van der Waals surface area (Å²) in [7, 11) is 0. The number of carbonyl (C=O) groups is 1. The van der Waals surface area contributed by atoms with Crippen molar-refractivity contribution in [1.29, 1.82) is 0 Å². The van der Waals surface area contributed by atoms with E-state index < -0.39 is 5.60 Å². The van der Waals surface area contributed by atoms with E-state index in [0.717, 1.165) is 38.4 Å². The second kappa shape index (κ2) is 7.23. The number of ether oxygens (including phenoxy) is 1. The molecule has 1 aliphatic heterocycles. The van der Waals surface area contributed by atoms with Crippen LogP contribution in [0.15, 0.2) is 12.4 Å². The first kappa shape index (κ1) is 17.6. The Morgan fingerprint density at radius 3 is 2.91 bits per heavy atom. The smallest absolute Gasteiger partial charge is 0.407 e.